The summed E-state index contributed by atoms with van der Waals surface area (Å²) in [5.41, 5.74) is 7.44. The Hall–Kier alpha value is -2.95. The number of hydrogen-bond acceptors (Lipinski definition) is 3. The molecule has 31 heavy (non-hydrogen) atoms. The normalized spacial score (nSPS) is 14.3. The minimum atomic E-state index is 0.0275. The van der Waals surface area contributed by atoms with E-state index in [0.29, 0.717) is 18.4 Å². The van der Waals surface area contributed by atoms with E-state index in [1.807, 2.05) is 32.3 Å². The number of halogens is 1. The van der Waals surface area contributed by atoms with Crippen LogP contribution in [0.3, 0.4) is 0 Å². The first-order chi connectivity index (χ1) is 14.9. The lowest BCUT2D eigenvalue weighted by Gasteiger charge is -2.20. The second-order valence-corrected chi connectivity index (χ2v) is 8.58. The Morgan fingerprint density at radius 2 is 1.90 bits per heavy atom. The van der Waals surface area contributed by atoms with Gasteiger partial charge in [-0.15, -0.1) is 0 Å². The zero-order valence-electron chi connectivity index (χ0n) is 17.8. The van der Waals surface area contributed by atoms with E-state index < -0.39 is 0 Å². The molecule has 0 N–H and O–H groups in total. The van der Waals surface area contributed by atoms with E-state index in [4.69, 9.17) is 16.3 Å². The Bertz CT molecular complexity index is 1450. The van der Waals surface area contributed by atoms with Crippen LogP contribution in [0, 0.1) is 13.8 Å². The predicted octanol–water partition coefficient (Wildman–Crippen LogP) is 5.83. The highest BCUT2D eigenvalue weighted by atomic mass is 35.5. The summed E-state index contributed by atoms with van der Waals surface area (Å²) in [6.45, 7) is 5.31. The lowest BCUT2D eigenvalue weighted by Crippen LogP contribution is -2.19. The molecule has 5 heteroatoms. The van der Waals surface area contributed by atoms with Crippen molar-refractivity contribution in [3.05, 3.63) is 80.9 Å². The number of pyridine rings is 2. The molecule has 0 unspecified atom stereocenters. The summed E-state index contributed by atoms with van der Waals surface area (Å²) in [5, 5.41) is 3.63. The molecule has 0 aliphatic carbocycles. The maximum Gasteiger partial charge on any atom is 0.253 e. The average molecular weight is 431 g/mol. The Morgan fingerprint density at radius 3 is 2.68 bits per heavy atom. The number of rotatable bonds is 2. The minimum absolute atomic E-state index is 0.0275. The smallest absolute Gasteiger partial charge is 0.253 e. The summed E-state index contributed by atoms with van der Waals surface area (Å²) in [6.07, 6.45) is 4.84. The van der Waals surface area contributed by atoms with E-state index in [1.54, 1.807) is 4.57 Å². The minimum Gasteiger partial charge on any atom is -0.377 e. The fraction of sp³-hybridized carbons (Fsp3) is 0.231. The maximum atomic E-state index is 12.7. The molecule has 1 aliphatic rings. The van der Waals surface area contributed by atoms with Gasteiger partial charge in [-0.3, -0.25) is 4.79 Å². The van der Waals surface area contributed by atoms with Crippen molar-refractivity contribution in [2.75, 3.05) is 13.2 Å². The van der Waals surface area contributed by atoms with Crippen LogP contribution in [-0.2, 0) is 11.8 Å². The van der Waals surface area contributed by atoms with Gasteiger partial charge in [-0.05, 0) is 77.7 Å². The SMILES string of the molecule is Cc1ccc2cc(Cl)ncc2c1-c1cc(C2=CCOCC2)cc2c1cc(C)c(=O)n2C. The van der Waals surface area contributed by atoms with Gasteiger partial charge in [0, 0.05) is 29.6 Å². The first kappa shape index (κ1) is 20.0. The summed E-state index contributed by atoms with van der Waals surface area (Å²) in [6, 6.07) is 12.5. The van der Waals surface area contributed by atoms with Crippen molar-refractivity contribution in [2.24, 2.45) is 7.05 Å². The van der Waals surface area contributed by atoms with Gasteiger partial charge in [0.25, 0.3) is 5.56 Å². The molecule has 0 saturated heterocycles. The fourth-order valence-corrected chi connectivity index (χ4v) is 4.73. The van der Waals surface area contributed by atoms with Crippen LogP contribution in [0.5, 0.6) is 0 Å². The van der Waals surface area contributed by atoms with E-state index in [9.17, 15) is 4.79 Å². The summed E-state index contributed by atoms with van der Waals surface area (Å²) >= 11 is 6.17. The Balaban J connectivity index is 1.93. The third-order valence-electron chi connectivity index (χ3n) is 6.20. The molecule has 4 aromatic rings. The quantitative estimate of drug-likeness (QED) is 0.376. The second-order valence-electron chi connectivity index (χ2n) is 8.19. The maximum absolute atomic E-state index is 12.7. The van der Waals surface area contributed by atoms with Gasteiger partial charge in [-0.1, -0.05) is 29.8 Å². The molecule has 2 aromatic carbocycles. The Labute approximate surface area is 185 Å². The lowest BCUT2D eigenvalue weighted by molar-refractivity contribution is 0.161. The monoisotopic (exact) mass is 430 g/mol. The van der Waals surface area contributed by atoms with Crippen molar-refractivity contribution in [2.45, 2.75) is 20.3 Å². The largest absolute Gasteiger partial charge is 0.377 e. The summed E-state index contributed by atoms with van der Waals surface area (Å²) in [7, 11) is 1.85. The van der Waals surface area contributed by atoms with Crippen LogP contribution in [-0.4, -0.2) is 22.8 Å². The molecule has 0 atom stereocenters. The van der Waals surface area contributed by atoms with Crippen molar-refractivity contribution in [1.82, 2.24) is 9.55 Å². The highest BCUT2D eigenvalue weighted by Gasteiger charge is 2.17. The van der Waals surface area contributed by atoms with Gasteiger partial charge in [0.05, 0.1) is 18.7 Å². The Morgan fingerprint density at radius 1 is 1.06 bits per heavy atom. The Kier molecular flexibility index (Phi) is 4.92. The number of aromatic nitrogens is 2. The number of hydrogen-bond donors (Lipinski definition) is 0. The first-order valence-electron chi connectivity index (χ1n) is 10.4. The third-order valence-corrected chi connectivity index (χ3v) is 6.41. The number of fused-ring (bicyclic) bond motifs is 2. The standard InChI is InChI=1S/C26H23ClN2O2/c1-15-4-5-18-13-24(27)28-14-22(18)25(15)21-11-19(17-6-8-31-9-7-17)12-23-20(21)10-16(2)26(30)29(23)3/h4-6,10-14H,7-9H2,1-3H3. The molecule has 0 bridgehead atoms. The van der Waals surface area contributed by atoms with Crippen LogP contribution in [0.15, 0.2) is 53.5 Å². The molecule has 3 heterocycles. The first-order valence-corrected chi connectivity index (χ1v) is 10.8. The van der Waals surface area contributed by atoms with Crippen LogP contribution in [0.1, 0.15) is 23.1 Å². The zero-order valence-corrected chi connectivity index (χ0v) is 18.6. The summed E-state index contributed by atoms with van der Waals surface area (Å²) in [4.78, 5) is 17.1. The van der Waals surface area contributed by atoms with Crippen LogP contribution < -0.4 is 5.56 Å². The van der Waals surface area contributed by atoms with Gasteiger partial charge in [0.2, 0.25) is 0 Å². The van der Waals surface area contributed by atoms with E-state index in [1.165, 1.54) is 5.57 Å². The molecule has 5 rings (SSSR count). The number of aryl methyl sites for hydroxylation is 3. The third kappa shape index (κ3) is 3.36. The van der Waals surface area contributed by atoms with Gasteiger partial charge in [-0.25, -0.2) is 4.98 Å². The molecule has 0 radical (unpaired) electrons. The van der Waals surface area contributed by atoms with E-state index in [0.717, 1.165) is 55.9 Å². The molecule has 0 fully saturated rings. The highest BCUT2D eigenvalue weighted by molar-refractivity contribution is 6.30. The number of nitrogens with zero attached hydrogens (tertiary/aromatic N) is 2. The average Bonchev–Trinajstić information content (AvgIpc) is 2.78. The van der Waals surface area contributed by atoms with Gasteiger partial charge in [-0.2, -0.15) is 0 Å². The van der Waals surface area contributed by atoms with E-state index in [-0.39, 0.29) is 5.56 Å². The van der Waals surface area contributed by atoms with Gasteiger partial charge >= 0.3 is 0 Å². The van der Waals surface area contributed by atoms with Crippen molar-refractivity contribution in [3.8, 4) is 11.1 Å². The van der Waals surface area contributed by atoms with Crippen molar-refractivity contribution < 1.29 is 4.74 Å². The zero-order chi connectivity index (χ0) is 21.7. The molecular weight excluding hydrogens is 408 g/mol. The van der Waals surface area contributed by atoms with Crippen molar-refractivity contribution in [3.63, 3.8) is 0 Å². The van der Waals surface area contributed by atoms with Gasteiger partial charge in [0.1, 0.15) is 5.15 Å². The van der Waals surface area contributed by atoms with Crippen molar-refractivity contribution >= 4 is 38.8 Å². The molecule has 156 valence electrons. The summed E-state index contributed by atoms with van der Waals surface area (Å²) < 4.78 is 7.27. The molecule has 0 spiro atoms. The highest BCUT2D eigenvalue weighted by Crippen LogP contribution is 2.39. The predicted molar refractivity (Wildman–Crippen MR) is 128 cm³/mol. The van der Waals surface area contributed by atoms with E-state index >= 15 is 0 Å². The molecular formula is C26H23ClN2O2. The van der Waals surface area contributed by atoms with Crippen LogP contribution in [0.4, 0.5) is 0 Å². The molecule has 0 saturated carbocycles. The van der Waals surface area contributed by atoms with Crippen LogP contribution in [0.2, 0.25) is 5.15 Å². The topological polar surface area (TPSA) is 44.1 Å². The molecule has 2 aromatic heterocycles. The van der Waals surface area contributed by atoms with Crippen molar-refractivity contribution in [1.29, 1.82) is 0 Å². The van der Waals surface area contributed by atoms with Gasteiger partial charge < -0.3 is 9.30 Å². The molecule has 4 nitrogen and oxygen atoms in total. The van der Waals surface area contributed by atoms with E-state index in [2.05, 4.69) is 42.2 Å². The van der Waals surface area contributed by atoms with Gasteiger partial charge in [0.15, 0.2) is 0 Å². The second kappa shape index (κ2) is 7.63. The molecule has 1 aliphatic heterocycles. The van der Waals surface area contributed by atoms with Crippen LogP contribution in [0.25, 0.3) is 38.4 Å². The number of benzene rings is 2. The van der Waals surface area contributed by atoms with Crippen LogP contribution >= 0.6 is 11.6 Å². The fourth-order valence-electron chi connectivity index (χ4n) is 4.56. The summed E-state index contributed by atoms with van der Waals surface area (Å²) in [5.74, 6) is 0. The molecule has 0 amide bonds. The lowest BCUT2D eigenvalue weighted by atomic mass is 9.88. The number of ether oxygens (including phenoxy) is 1.